The van der Waals surface area contributed by atoms with Gasteiger partial charge in [-0.25, -0.2) is 13.1 Å². The van der Waals surface area contributed by atoms with Gasteiger partial charge in [-0.15, -0.1) is 11.3 Å². The molecule has 1 unspecified atom stereocenters. The van der Waals surface area contributed by atoms with Crippen LogP contribution in [0.2, 0.25) is 0 Å². The third-order valence-corrected chi connectivity index (χ3v) is 7.95. The number of thiophene rings is 1. The quantitative estimate of drug-likeness (QED) is 0.593. The smallest absolute Gasteiger partial charge is 0.243 e. The molecular formula is C19H29N3O4S2. The maximum absolute atomic E-state index is 13.1. The molecule has 7 nitrogen and oxygen atoms in total. The minimum absolute atomic E-state index is 0.0301. The highest BCUT2D eigenvalue weighted by Gasteiger charge is 2.38. The number of nitrogens with one attached hydrogen (secondary N) is 3. The van der Waals surface area contributed by atoms with E-state index in [1.165, 1.54) is 11.3 Å². The Kier molecular flexibility index (Phi) is 6.46. The van der Waals surface area contributed by atoms with Crippen LogP contribution in [-0.4, -0.2) is 33.3 Å². The van der Waals surface area contributed by atoms with E-state index in [4.69, 9.17) is 0 Å². The van der Waals surface area contributed by atoms with E-state index in [1.54, 1.807) is 0 Å². The molecule has 0 aromatic carbocycles. The van der Waals surface area contributed by atoms with E-state index < -0.39 is 10.0 Å². The van der Waals surface area contributed by atoms with Gasteiger partial charge < -0.3 is 10.6 Å². The molecule has 1 aromatic heterocycles. The summed E-state index contributed by atoms with van der Waals surface area (Å²) in [5, 5.41) is 6.05. The summed E-state index contributed by atoms with van der Waals surface area (Å²) < 4.78 is 28.9. The number of sulfonamides is 1. The molecule has 0 bridgehead atoms. The van der Waals surface area contributed by atoms with Crippen molar-refractivity contribution in [2.24, 2.45) is 11.8 Å². The number of amides is 2. The molecule has 2 aliphatic carbocycles. The third kappa shape index (κ3) is 4.58. The van der Waals surface area contributed by atoms with Crippen LogP contribution in [0.25, 0.3) is 0 Å². The molecular weight excluding hydrogens is 398 g/mol. The van der Waals surface area contributed by atoms with E-state index >= 15 is 0 Å². The van der Waals surface area contributed by atoms with E-state index in [0.717, 1.165) is 24.1 Å². The number of carbonyl (C=O) groups excluding carboxylic acids is 2. The SMILES string of the molecule is CCNC(=O)C1CCCc2c1sc(NC(=O)C1CC1)c2S(=O)(=O)NCC(C)C. The number of fused-ring (bicyclic) bond motifs is 1. The summed E-state index contributed by atoms with van der Waals surface area (Å²) in [4.78, 5) is 25.8. The largest absolute Gasteiger partial charge is 0.356 e. The minimum atomic E-state index is -3.78. The second-order valence-corrected chi connectivity index (χ2v) is 10.7. The minimum Gasteiger partial charge on any atom is -0.356 e. The molecule has 1 aromatic rings. The first-order chi connectivity index (χ1) is 13.2. The van der Waals surface area contributed by atoms with Gasteiger partial charge in [-0.1, -0.05) is 13.8 Å². The van der Waals surface area contributed by atoms with E-state index in [1.807, 2.05) is 20.8 Å². The van der Waals surface area contributed by atoms with Crippen LogP contribution in [0.4, 0.5) is 5.00 Å². The van der Waals surface area contributed by atoms with Crippen molar-refractivity contribution in [3.8, 4) is 0 Å². The molecule has 3 rings (SSSR count). The second kappa shape index (κ2) is 8.51. The van der Waals surface area contributed by atoms with E-state index in [2.05, 4.69) is 15.4 Å². The van der Waals surface area contributed by atoms with Gasteiger partial charge in [-0.3, -0.25) is 9.59 Å². The first kappa shape index (κ1) is 21.3. The predicted molar refractivity (Wildman–Crippen MR) is 110 cm³/mol. The fourth-order valence-electron chi connectivity index (χ4n) is 3.42. The van der Waals surface area contributed by atoms with Crippen LogP contribution in [0.3, 0.4) is 0 Å². The summed E-state index contributed by atoms with van der Waals surface area (Å²) in [6, 6.07) is 0. The van der Waals surface area contributed by atoms with E-state index in [9.17, 15) is 18.0 Å². The first-order valence-corrected chi connectivity index (χ1v) is 12.3. The summed E-state index contributed by atoms with van der Waals surface area (Å²) in [6.07, 6.45) is 3.71. The van der Waals surface area contributed by atoms with Crippen molar-refractivity contribution in [3.63, 3.8) is 0 Å². The molecule has 0 radical (unpaired) electrons. The maximum atomic E-state index is 13.1. The monoisotopic (exact) mass is 427 g/mol. The highest BCUT2D eigenvalue weighted by Crippen LogP contribution is 2.46. The summed E-state index contributed by atoms with van der Waals surface area (Å²) in [5.74, 6) is -0.439. The van der Waals surface area contributed by atoms with Gasteiger partial charge in [0.1, 0.15) is 9.90 Å². The van der Waals surface area contributed by atoms with Gasteiger partial charge in [0.2, 0.25) is 21.8 Å². The molecule has 0 saturated heterocycles. The number of hydrogen-bond donors (Lipinski definition) is 3. The Balaban J connectivity index is 2.02. The number of rotatable bonds is 8. The van der Waals surface area contributed by atoms with Crippen molar-refractivity contribution in [3.05, 3.63) is 10.4 Å². The van der Waals surface area contributed by atoms with Crippen molar-refractivity contribution in [1.82, 2.24) is 10.0 Å². The first-order valence-electron chi connectivity index (χ1n) is 9.98. The van der Waals surface area contributed by atoms with Crippen molar-refractivity contribution >= 4 is 38.2 Å². The van der Waals surface area contributed by atoms with Crippen LogP contribution in [0, 0.1) is 11.8 Å². The molecule has 28 heavy (non-hydrogen) atoms. The number of hydrogen-bond acceptors (Lipinski definition) is 5. The Hall–Kier alpha value is -1.45. The normalized spacial score (nSPS) is 19.4. The molecule has 2 amide bonds. The van der Waals surface area contributed by atoms with E-state index in [0.29, 0.717) is 36.5 Å². The van der Waals surface area contributed by atoms with Crippen LogP contribution in [0.1, 0.15) is 62.8 Å². The summed E-state index contributed by atoms with van der Waals surface area (Å²) in [5.41, 5.74) is 0.690. The molecule has 2 aliphatic rings. The van der Waals surface area contributed by atoms with Crippen molar-refractivity contribution in [1.29, 1.82) is 0 Å². The van der Waals surface area contributed by atoms with Gasteiger partial charge in [-0.2, -0.15) is 0 Å². The molecule has 1 heterocycles. The zero-order chi connectivity index (χ0) is 20.5. The maximum Gasteiger partial charge on any atom is 0.243 e. The van der Waals surface area contributed by atoms with Crippen molar-refractivity contribution in [2.45, 2.75) is 63.7 Å². The van der Waals surface area contributed by atoms with Crippen molar-refractivity contribution < 1.29 is 18.0 Å². The number of carbonyl (C=O) groups is 2. The molecule has 9 heteroatoms. The van der Waals surface area contributed by atoms with Gasteiger partial charge in [0.05, 0.1) is 5.92 Å². The van der Waals surface area contributed by atoms with Gasteiger partial charge in [-0.05, 0) is 50.5 Å². The average Bonchev–Trinajstić information content (AvgIpc) is 3.41. The molecule has 1 atom stereocenters. The molecule has 3 N–H and O–H groups in total. The standard InChI is InChI=1S/C19H29N3O4S2/c1-4-20-18(24)14-7-5-6-13-15(14)27-19(22-17(23)12-8-9-12)16(13)28(25,26)21-10-11(2)3/h11-12,14,21H,4-10H2,1-3H3,(H,20,24)(H,22,23). The van der Waals surface area contributed by atoms with Gasteiger partial charge >= 0.3 is 0 Å². The van der Waals surface area contributed by atoms with Gasteiger partial charge in [0, 0.05) is 23.9 Å². The van der Waals surface area contributed by atoms with Gasteiger partial charge in [0.25, 0.3) is 0 Å². The summed E-state index contributed by atoms with van der Waals surface area (Å²) >= 11 is 1.25. The van der Waals surface area contributed by atoms with Crippen molar-refractivity contribution in [2.75, 3.05) is 18.4 Å². The Bertz CT molecular complexity index is 857. The molecule has 1 saturated carbocycles. The average molecular weight is 428 g/mol. The Morgan fingerprint density at radius 2 is 1.89 bits per heavy atom. The molecule has 156 valence electrons. The summed E-state index contributed by atoms with van der Waals surface area (Å²) in [7, 11) is -3.78. The van der Waals surface area contributed by atoms with Crippen LogP contribution in [-0.2, 0) is 26.0 Å². The fraction of sp³-hybridized carbons (Fsp3) is 0.684. The third-order valence-electron chi connectivity index (χ3n) is 5.03. The topological polar surface area (TPSA) is 104 Å². The Labute approximate surface area is 170 Å². The fourth-order valence-corrected chi connectivity index (χ4v) is 6.75. The van der Waals surface area contributed by atoms with Crippen LogP contribution in [0.5, 0.6) is 0 Å². The lowest BCUT2D eigenvalue weighted by atomic mass is 9.88. The molecule has 1 fully saturated rings. The van der Waals surface area contributed by atoms with Crippen LogP contribution in [0.15, 0.2) is 4.90 Å². The lowest BCUT2D eigenvalue weighted by Gasteiger charge is -2.22. The second-order valence-electron chi connectivity index (χ2n) is 7.95. The molecule has 0 spiro atoms. The zero-order valence-corrected chi connectivity index (χ0v) is 18.3. The van der Waals surface area contributed by atoms with E-state index in [-0.39, 0.29) is 34.5 Å². The predicted octanol–water partition coefficient (Wildman–Crippen LogP) is 2.59. The number of likely N-dealkylation sites (N-methyl/N-ethyl adjacent to an activating group) is 1. The van der Waals surface area contributed by atoms with Gasteiger partial charge in [0.15, 0.2) is 0 Å². The van der Waals surface area contributed by atoms with Crippen LogP contribution >= 0.6 is 11.3 Å². The lowest BCUT2D eigenvalue weighted by molar-refractivity contribution is -0.122. The zero-order valence-electron chi connectivity index (χ0n) is 16.6. The molecule has 0 aliphatic heterocycles. The Morgan fingerprint density at radius 3 is 2.50 bits per heavy atom. The van der Waals surface area contributed by atoms with Crippen LogP contribution < -0.4 is 15.4 Å². The highest BCUT2D eigenvalue weighted by atomic mass is 32.2. The number of anilines is 1. The lowest BCUT2D eigenvalue weighted by Crippen LogP contribution is -2.31. The Morgan fingerprint density at radius 1 is 1.18 bits per heavy atom. The summed E-state index contributed by atoms with van der Waals surface area (Å²) in [6.45, 7) is 6.59. The highest BCUT2D eigenvalue weighted by molar-refractivity contribution is 7.90.